The van der Waals surface area contributed by atoms with Gasteiger partial charge in [0.2, 0.25) is 5.91 Å². The Bertz CT molecular complexity index is 473. The third-order valence-corrected chi connectivity index (χ3v) is 3.69. The van der Waals surface area contributed by atoms with Crippen LogP contribution in [0.1, 0.15) is 44.2 Å². The number of hydrogen-bond acceptors (Lipinski definition) is 2. The lowest BCUT2D eigenvalue weighted by Gasteiger charge is -2.26. The zero-order valence-corrected chi connectivity index (χ0v) is 11.6. The average Bonchev–Trinajstić information content (AvgIpc) is 2.46. The molecule has 2 N–H and O–H groups in total. The van der Waals surface area contributed by atoms with E-state index in [1.54, 1.807) is 0 Å². The SMILES string of the molecule is CCC(NC(=O)C1CCCCN1)c1ccc(F)cc1F. The van der Waals surface area contributed by atoms with Gasteiger partial charge in [0.1, 0.15) is 11.6 Å². The molecular formula is C15H20F2N2O. The molecule has 2 unspecified atom stereocenters. The van der Waals surface area contributed by atoms with Crippen molar-refractivity contribution in [3.8, 4) is 0 Å². The number of rotatable bonds is 4. The molecule has 3 nitrogen and oxygen atoms in total. The van der Waals surface area contributed by atoms with E-state index in [2.05, 4.69) is 10.6 Å². The Morgan fingerprint density at radius 2 is 2.25 bits per heavy atom. The lowest BCUT2D eigenvalue weighted by Crippen LogP contribution is -2.47. The normalized spacial score (nSPS) is 20.4. The molecule has 2 atom stereocenters. The molecule has 0 bridgehead atoms. The molecule has 1 heterocycles. The highest BCUT2D eigenvalue weighted by Crippen LogP contribution is 2.21. The highest BCUT2D eigenvalue weighted by atomic mass is 19.1. The first-order valence-corrected chi connectivity index (χ1v) is 7.10. The van der Waals surface area contributed by atoms with Gasteiger partial charge >= 0.3 is 0 Å². The summed E-state index contributed by atoms with van der Waals surface area (Å²) >= 11 is 0. The van der Waals surface area contributed by atoms with Crippen molar-refractivity contribution in [3.63, 3.8) is 0 Å². The molecule has 0 aliphatic carbocycles. The fraction of sp³-hybridized carbons (Fsp3) is 0.533. The van der Waals surface area contributed by atoms with Crippen molar-refractivity contribution in [2.24, 2.45) is 0 Å². The lowest BCUT2D eigenvalue weighted by atomic mass is 10.0. The average molecular weight is 282 g/mol. The highest BCUT2D eigenvalue weighted by Gasteiger charge is 2.24. The van der Waals surface area contributed by atoms with Gasteiger partial charge < -0.3 is 10.6 Å². The number of piperidine rings is 1. The van der Waals surface area contributed by atoms with Gasteiger partial charge in [-0.1, -0.05) is 19.4 Å². The highest BCUT2D eigenvalue weighted by molar-refractivity contribution is 5.82. The summed E-state index contributed by atoms with van der Waals surface area (Å²) in [6.45, 7) is 2.70. The fourth-order valence-corrected chi connectivity index (χ4v) is 2.53. The first kappa shape index (κ1) is 14.9. The van der Waals surface area contributed by atoms with E-state index >= 15 is 0 Å². The Balaban J connectivity index is 2.06. The van der Waals surface area contributed by atoms with Crippen LogP contribution in [-0.4, -0.2) is 18.5 Å². The van der Waals surface area contributed by atoms with Crippen molar-refractivity contribution in [2.45, 2.75) is 44.7 Å². The van der Waals surface area contributed by atoms with E-state index < -0.39 is 17.7 Å². The summed E-state index contributed by atoms with van der Waals surface area (Å²) in [5.74, 6) is -1.34. The number of amides is 1. The van der Waals surface area contributed by atoms with Crippen LogP contribution < -0.4 is 10.6 Å². The Labute approximate surface area is 117 Å². The molecule has 1 aliphatic heterocycles. The van der Waals surface area contributed by atoms with Gasteiger partial charge in [0.25, 0.3) is 0 Å². The maximum atomic E-state index is 13.8. The van der Waals surface area contributed by atoms with Crippen LogP contribution in [-0.2, 0) is 4.79 Å². The number of carbonyl (C=O) groups excluding carboxylic acids is 1. The van der Waals surface area contributed by atoms with E-state index in [1.807, 2.05) is 6.92 Å². The van der Waals surface area contributed by atoms with Crippen LogP contribution in [0, 0.1) is 11.6 Å². The predicted molar refractivity (Wildman–Crippen MR) is 73.2 cm³/mol. The third-order valence-electron chi connectivity index (χ3n) is 3.69. The molecule has 0 spiro atoms. The van der Waals surface area contributed by atoms with Crippen LogP contribution in [0.2, 0.25) is 0 Å². The second kappa shape index (κ2) is 6.79. The van der Waals surface area contributed by atoms with Gasteiger partial charge in [-0.2, -0.15) is 0 Å². The smallest absolute Gasteiger partial charge is 0.237 e. The number of hydrogen-bond donors (Lipinski definition) is 2. The van der Waals surface area contributed by atoms with Crippen LogP contribution >= 0.6 is 0 Å². The van der Waals surface area contributed by atoms with E-state index in [0.29, 0.717) is 12.0 Å². The quantitative estimate of drug-likeness (QED) is 0.891. The van der Waals surface area contributed by atoms with Crippen molar-refractivity contribution in [1.29, 1.82) is 0 Å². The van der Waals surface area contributed by atoms with Crippen LogP contribution in [0.15, 0.2) is 18.2 Å². The van der Waals surface area contributed by atoms with E-state index in [0.717, 1.165) is 31.9 Å². The molecule has 110 valence electrons. The summed E-state index contributed by atoms with van der Waals surface area (Å²) in [5.41, 5.74) is 0.332. The Kier molecular flexibility index (Phi) is 5.06. The maximum Gasteiger partial charge on any atom is 0.237 e. The predicted octanol–water partition coefficient (Wildman–Crippen LogP) is 2.67. The Morgan fingerprint density at radius 1 is 1.45 bits per heavy atom. The summed E-state index contributed by atoms with van der Waals surface area (Å²) in [4.78, 5) is 12.1. The van der Waals surface area contributed by atoms with Crippen molar-refractivity contribution >= 4 is 5.91 Å². The zero-order valence-electron chi connectivity index (χ0n) is 11.6. The summed E-state index contributed by atoms with van der Waals surface area (Å²) in [6.07, 6.45) is 3.45. The number of halogens is 2. The molecular weight excluding hydrogens is 262 g/mol. The number of benzene rings is 1. The standard InChI is InChI=1S/C15H20F2N2O/c1-2-13(11-7-6-10(16)9-12(11)17)19-15(20)14-5-3-4-8-18-14/h6-7,9,13-14,18H,2-5,8H2,1H3,(H,19,20). The molecule has 1 saturated heterocycles. The molecule has 2 rings (SSSR count). The summed E-state index contributed by atoms with van der Waals surface area (Å²) in [7, 11) is 0. The van der Waals surface area contributed by atoms with Gasteiger partial charge in [-0.25, -0.2) is 8.78 Å². The number of carbonyl (C=O) groups is 1. The third kappa shape index (κ3) is 3.54. The Morgan fingerprint density at radius 3 is 2.85 bits per heavy atom. The van der Waals surface area contributed by atoms with Crippen LogP contribution in [0.4, 0.5) is 8.78 Å². The Hall–Kier alpha value is -1.49. The monoisotopic (exact) mass is 282 g/mol. The minimum Gasteiger partial charge on any atom is -0.348 e. The fourth-order valence-electron chi connectivity index (χ4n) is 2.53. The molecule has 1 aromatic carbocycles. The molecule has 1 aliphatic rings. The van der Waals surface area contributed by atoms with E-state index in [9.17, 15) is 13.6 Å². The molecule has 5 heteroatoms. The lowest BCUT2D eigenvalue weighted by molar-refractivity contribution is -0.124. The topological polar surface area (TPSA) is 41.1 Å². The van der Waals surface area contributed by atoms with Crippen molar-refractivity contribution in [1.82, 2.24) is 10.6 Å². The molecule has 0 radical (unpaired) electrons. The molecule has 20 heavy (non-hydrogen) atoms. The van der Waals surface area contributed by atoms with Crippen molar-refractivity contribution in [3.05, 3.63) is 35.4 Å². The number of nitrogens with one attached hydrogen (secondary N) is 2. The molecule has 1 fully saturated rings. The second-order valence-electron chi connectivity index (χ2n) is 5.14. The van der Waals surface area contributed by atoms with Crippen LogP contribution in [0.5, 0.6) is 0 Å². The first-order valence-electron chi connectivity index (χ1n) is 7.10. The molecule has 1 amide bonds. The first-order chi connectivity index (χ1) is 9.61. The van der Waals surface area contributed by atoms with E-state index in [-0.39, 0.29) is 11.9 Å². The molecule has 1 aromatic rings. The zero-order chi connectivity index (χ0) is 14.5. The van der Waals surface area contributed by atoms with Gasteiger partial charge in [-0.15, -0.1) is 0 Å². The summed E-state index contributed by atoms with van der Waals surface area (Å²) in [6, 6.07) is 2.83. The van der Waals surface area contributed by atoms with Crippen molar-refractivity contribution < 1.29 is 13.6 Å². The van der Waals surface area contributed by atoms with Crippen LogP contribution in [0.25, 0.3) is 0 Å². The summed E-state index contributed by atoms with van der Waals surface area (Å²) in [5, 5.41) is 6.01. The van der Waals surface area contributed by atoms with Gasteiger partial charge in [0.05, 0.1) is 12.1 Å². The largest absolute Gasteiger partial charge is 0.348 e. The second-order valence-corrected chi connectivity index (χ2v) is 5.14. The minimum absolute atomic E-state index is 0.111. The minimum atomic E-state index is -0.617. The van der Waals surface area contributed by atoms with Gasteiger partial charge in [-0.05, 0) is 31.9 Å². The van der Waals surface area contributed by atoms with E-state index in [4.69, 9.17) is 0 Å². The van der Waals surface area contributed by atoms with E-state index in [1.165, 1.54) is 12.1 Å². The van der Waals surface area contributed by atoms with Crippen LogP contribution in [0.3, 0.4) is 0 Å². The molecule has 0 saturated carbocycles. The van der Waals surface area contributed by atoms with Gasteiger partial charge in [0, 0.05) is 11.6 Å². The van der Waals surface area contributed by atoms with Crippen molar-refractivity contribution in [2.75, 3.05) is 6.54 Å². The molecule has 0 aromatic heterocycles. The summed E-state index contributed by atoms with van der Waals surface area (Å²) < 4.78 is 26.7. The van der Waals surface area contributed by atoms with Gasteiger partial charge in [0.15, 0.2) is 0 Å². The maximum absolute atomic E-state index is 13.8. The van der Waals surface area contributed by atoms with Gasteiger partial charge in [-0.3, -0.25) is 4.79 Å².